The van der Waals surface area contributed by atoms with Crippen molar-refractivity contribution in [2.45, 2.75) is 31.7 Å². The second-order valence-electron chi connectivity index (χ2n) is 9.34. The molecule has 11 heteroatoms. The maximum atomic E-state index is 12.6. The van der Waals surface area contributed by atoms with Gasteiger partial charge in [0.2, 0.25) is 5.95 Å². The first kappa shape index (κ1) is 25.8. The molecule has 0 radical (unpaired) electrons. The number of carbonyl (C=O) groups is 2. The fraction of sp³-hybridized carbons (Fsp3) is 0.385. The van der Waals surface area contributed by atoms with Crippen LogP contribution in [0.4, 0.5) is 17.5 Å². The predicted molar refractivity (Wildman–Crippen MR) is 140 cm³/mol. The normalized spacial score (nSPS) is 17.2. The maximum Gasteiger partial charge on any atom is 0.344 e. The summed E-state index contributed by atoms with van der Waals surface area (Å²) in [7, 11) is 5.07. The third-order valence-corrected chi connectivity index (χ3v) is 6.60. The molecule has 11 nitrogen and oxygen atoms in total. The first-order valence-corrected chi connectivity index (χ1v) is 12.1. The van der Waals surface area contributed by atoms with Crippen LogP contribution in [0.1, 0.15) is 46.4 Å². The Hall–Kier alpha value is -4.28. The number of nitro groups is 1. The molecule has 0 spiro atoms. The topological polar surface area (TPSA) is 140 Å². The summed E-state index contributed by atoms with van der Waals surface area (Å²) in [6, 6.07) is 11.9. The number of esters is 1. The summed E-state index contributed by atoms with van der Waals surface area (Å²) < 4.78 is 4.58. The molecular formula is C26H30N6O5. The van der Waals surface area contributed by atoms with Gasteiger partial charge in [-0.3, -0.25) is 14.9 Å². The minimum atomic E-state index is -0.823. The number of rotatable bonds is 8. The molecule has 1 amide bonds. The number of carbonyl (C=O) groups excluding carboxylic acids is 2. The van der Waals surface area contributed by atoms with Crippen molar-refractivity contribution in [1.29, 1.82) is 0 Å². The van der Waals surface area contributed by atoms with Crippen molar-refractivity contribution in [1.82, 2.24) is 15.3 Å². The number of nitro benzene ring substituents is 1. The lowest BCUT2D eigenvalue weighted by molar-refractivity contribution is -0.385. The van der Waals surface area contributed by atoms with E-state index in [1.165, 1.54) is 12.1 Å². The van der Waals surface area contributed by atoms with E-state index in [1.54, 1.807) is 0 Å². The molecule has 0 saturated heterocycles. The lowest BCUT2D eigenvalue weighted by atomic mass is 9.86. The Morgan fingerprint density at radius 3 is 2.51 bits per heavy atom. The summed E-state index contributed by atoms with van der Waals surface area (Å²) in [6.45, 7) is 0.468. The molecule has 0 bridgehead atoms. The number of fused-ring (bicyclic) bond motifs is 1. The number of hydrogen-bond acceptors (Lipinski definition) is 9. The van der Waals surface area contributed by atoms with Crippen molar-refractivity contribution < 1.29 is 19.2 Å². The fourth-order valence-corrected chi connectivity index (χ4v) is 4.60. The molecule has 4 rings (SSSR count). The summed E-state index contributed by atoms with van der Waals surface area (Å²) in [4.78, 5) is 46.4. The molecule has 0 aliphatic heterocycles. The van der Waals surface area contributed by atoms with Crippen LogP contribution in [0.5, 0.6) is 0 Å². The van der Waals surface area contributed by atoms with E-state index >= 15 is 0 Å². The van der Waals surface area contributed by atoms with E-state index in [9.17, 15) is 19.7 Å². The van der Waals surface area contributed by atoms with E-state index in [2.05, 4.69) is 20.4 Å². The van der Waals surface area contributed by atoms with Gasteiger partial charge in [0.15, 0.2) is 0 Å². The summed E-state index contributed by atoms with van der Waals surface area (Å²) in [6.07, 6.45) is 3.64. The Morgan fingerprint density at radius 1 is 1.11 bits per heavy atom. The monoisotopic (exact) mass is 506 g/mol. The first-order chi connectivity index (χ1) is 17.8. The molecule has 1 aliphatic carbocycles. The van der Waals surface area contributed by atoms with Crippen molar-refractivity contribution in [3.8, 4) is 0 Å². The van der Waals surface area contributed by atoms with Gasteiger partial charge in [-0.1, -0.05) is 12.1 Å². The van der Waals surface area contributed by atoms with Gasteiger partial charge in [-0.15, -0.1) is 0 Å². The van der Waals surface area contributed by atoms with E-state index < -0.39 is 22.5 Å². The lowest BCUT2D eigenvalue weighted by Gasteiger charge is -2.29. The number of methoxy groups -OCH3 is 1. The van der Waals surface area contributed by atoms with E-state index in [0.29, 0.717) is 18.4 Å². The standard InChI is InChI=1S/C26H30N6O5/c1-31(2)23-19-6-4-5-7-21(19)29-26(30-23)28-18-11-8-16(9-12-18)15-27-24(33)17-10-13-20(25(34)37-3)22(14-17)32(35)36/h4-7,10,13-14,16,18H,8-9,11-12,15H2,1-3H3,(H,27,33)(H,28,29,30)/t16-,18+. The second-order valence-corrected chi connectivity index (χ2v) is 9.34. The second kappa shape index (κ2) is 11.2. The average molecular weight is 507 g/mol. The smallest absolute Gasteiger partial charge is 0.344 e. The largest absolute Gasteiger partial charge is 0.465 e. The number of para-hydroxylation sites is 1. The molecule has 2 aromatic carbocycles. The van der Waals surface area contributed by atoms with Gasteiger partial charge in [0, 0.05) is 43.7 Å². The van der Waals surface area contributed by atoms with Gasteiger partial charge >= 0.3 is 5.97 Å². The summed E-state index contributed by atoms with van der Waals surface area (Å²) in [5, 5.41) is 18.7. The molecule has 2 N–H and O–H groups in total. The number of amides is 1. The fourth-order valence-electron chi connectivity index (χ4n) is 4.60. The van der Waals surface area contributed by atoms with Crippen LogP contribution in [-0.2, 0) is 4.74 Å². The van der Waals surface area contributed by atoms with Crippen molar-refractivity contribution >= 4 is 40.2 Å². The highest BCUT2D eigenvalue weighted by Gasteiger charge is 2.25. The zero-order chi connectivity index (χ0) is 26.5. The molecule has 1 heterocycles. The molecule has 37 heavy (non-hydrogen) atoms. The third-order valence-electron chi connectivity index (χ3n) is 6.60. The molecule has 194 valence electrons. The zero-order valence-electron chi connectivity index (χ0n) is 21.1. The maximum absolute atomic E-state index is 12.6. The SMILES string of the molecule is COC(=O)c1ccc(C(=O)NC[C@H]2CC[C@@H](Nc3nc(N(C)C)c4ccccc4n3)CC2)cc1[N+](=O)[O-]. The average Bonchev–Trinajstić information content (AvgIpc) is 2.91. The van der Waals surface area contributed by atoms with Crippen LogP contribution in [0.15, 0.2) is 42.5 Å². The quantitative estimate of drug-likeness (QED) is 0.265. The Kier molecular flexibility index (Phi) is 7.80. The third kappa shape index (κ3) is 5.93. The number of benzene rings is 2. The lowest BCUT2D eigenvalue weighted by Crippen LogP contribution is -2.34. The number of anilines is 2. The molecule has 1 fully saturated rings. The van der Waals surface area contributed by atoms with Crippen LogP contribution < -0.4 is 15.5 Å². The minimum Gasteiger partial charge on any atom is -0.465 e. The molecule has 0 unspecified atom stereocenters. The van der Waals surface area contributed by atoms with Gasteiger partial charge in [0.1, 0.15) is 11.4 Å². The predicted octanol–water partition coefficient (Wildman–Crippen LogP) is 3.79. The first-order valence-electron chi connectivity index (χ1n) is 12.1. The Labute approximate surface area is 214 Å². The Bertz CT molecular complexity index is 1320. The number of nitrogens with one attached hydrogen (secondary N) is 2. The molecule has 1 aliphatic rings. The number of nitrogens with zero attached hydrogens (tertiary/aromatic N) is 4. The van der Waals surface area contributed by atoms with Crippen LogP contribution in [0.3, 0.4) is 0 Å². The molecule has 3 aromatic rings. The van der Waals surface area contributed by atoms with Gasteiger partial charge in [0.25, 0.3) is 11.6 Å². The Morgan fingerprint density at radius 2 is 1.84 bits per heavy atom. The van der Waals surface area contributed by atoms with Crippen molar-refractivity contribution in [2.75, 3.05) is 38.0 Å². The van der Waals surface area contributed by atoms with Gasteiger partial charge in [-0.2, -0.15) is 4.98 Å². The highest BCUT2D eigenvalue weighted by Crippen LogP contribution is 2.28. The van der Waals surface area contributed by atoms with E-state index in [0.717, 1.165) is 55.6 Å². The summed E-state index contributed by atoms with van der Waals surface area (Å²) in [5.41, 5.74) is 0.363. The molecular weight excluding hydrogens is 476 g/mol. The van der Waals surface area contributed by atoms with Crippen molar-refractivity contribution in [3.05, 3.63) is 63.7 Å². The molecule has 0 atom stereocenters. The van der Waals surface area contributed by atoms with Crippen molar-refractivity contribution in [3.63, 3.8) is 0 Å². The minimum absolute atomic E-state index is 0.125. The summed E-state index contributed by atoms with van der Waals surface area (Å²) in [5.74, 6) is 0.526. The van der Waals surface area contributed by atoms with Crippen LogP contribution >= 0.6 is 0 Å². The summed E-state index contributed by atoms with van der Waals surface area (Å²) >= 11 is 0. The van der Waals surface area contributed by atoms with E-state index in [-0.39, 0.29) is 17.2 Å². The van der Waals surface area contributed by atoms with E-state index in [1.807, 2.05) is 43.3 Å². The van der Waals surface area contributed by atoms with Crippen LogP contribution in [-0.4, -0.2) is 60.6 Å². The number of ether oxygens (including phenoxy) is 1. The van der Waals surface area contributed by atoms with Gasteiger partial charge in [0.05, 0.1) is 17.5 Å². The van der Waals surface area contributed by atoms with Crippen molar-refractivity contribution in [2.24, 2.45) is 5.92 Å². The van der Waals surface area contributed by atoms with Gasteiger partial charge in [-0.05, 0) is 55.9 Å². The highest BCUT2D eigenvalue weighted by atomic mass is 16.6. The van der Waals surface area contributed by atoms with E-state index in [4.69, 9.17) is 4.98 Å². The number of aromatic nitrogens is 2. The zero-order valence-corrected chi connectivity index (χ0v) is 21.1. The Balaban J connectivity index is 1.32. The van der Waals surface area contributed by atoms with Crippen LogP contribution in [0, 0.1) is 16.0 Å². The number of hydrogen-bond donors (Lipinski definition) is 2. The molecule has 1 aromatic heterocycles. The van der Waals surface area contributed by atoms with Gasteiger partial charge < -0.3 is 20.3 Å². The van der Waals surface area contributed by atoms with Crippen LogP contribution in [0.25, 0.3) is 10.9 Å². The molecule has 1 saturated carbocycles. The van der Waals surface area contributed by atoms with Crippen LogP contribution in [0.2, 0.25) is 0 Å². The van der Waals surface area contributed by atoms with Gasteiger partial charge in [-0.25, -0.2) is 9.78 Å². The highest BCUT2D eigenvalue weighted by molar-refractivity contribution is 5.99.